The Morgan fingerprint density at radius 1 is 1.15 bits per heavy atom. The molecule has 13 heavy (non-hydrogen) atoms. The maximum atomic E-state index is 8.88. The van der Waals surface area contributed by atoms with Crippen LogP contribution in [-0.4, -0.2) is 19.3 Å². The normalized spacial score (nSPS) is 11.4. The number of hydrogen-bond acceptors (Lipinski definition) is 4. The van der Waals surface area contributed by atoms with E-state index in [2.05, 4.69) is 28.1 Å². The second-order valence-electron chi connectivity index (χ2n) is 2.38. The second kappa shape index (κ2) is 4.09. The van der Waals surface area contributed by atoms with Crippen molar-refractivity contribution in [2.45, 2.75) is 0 Å². The first-order valence-corrected chi connectivity index (χ1v) is 6.14. The van der Waals surface area contributed by atoms with Crippen LogP contribution in [0.15, 0.2) is 28.7 Å². The summed E-state index contributed by atoms with van der Waals surface area (Å²) in [6.07, 6.45) is 0. The van der Waals surface area contributed by atoms with E-state index in [-0.39, 0.29) is 4.61 Å². The largest absolute Gasteiger partial charge is 0.453 e. The fraction of sp³-hybridized carbons (Fsp3) is 0. The lowest BCUT2D eigenvalue weighted by molar-refractivity contribution is 0.352. The fourth-order valence-electron chi connectivity index (χ4n) is 0.766. The molecule has 0 bridgehead atoms. The van der Waals surface area contributed by atoms with Gasteiger partial charge in [-0.25, -0.2) is 0 Å². The van der Waals surface area contributed by atoms with Gasteiger partial charge in [-0.15, -0.1) is 0 Å². The Morgan fingerprint density at radius 2 is 1.62 bits per heavy atom. The minimum absolute atomic E-state index is 0.208. The van der Waals surface area contributed by atoms with Gasteiger partial charge in [-0.2, -0.15) is 14.7 Å². The van der Waals surface area contributed by atoms with E-state index in [0.717, 1.165) is 4.47 Å². The molecule has 0 amide bonds. The highest BCUT2D eigenvalue weighted by atomic mass is 79.9. The molecule has 0 fully saturated rings. The lowest BCUT2D eigenvalue weighted by atomic mass is 10.2. The van der Waals surface area contributed by atoms with Gasteiger partial charge in [0.05, 0.1) is 0 Å². The molecule has 0 saturated carbocycles. The molecule has 1 aromatic carbocycles. The number of halogens is 1. The zero-order valence-electron chi connectivity index (χ0n) is 6.38. The summed E-state index contributed by atoms with van der Waals surface area (Å²) >= 11 is 7.91. The monoisotopic (exact) mass is 281 g/mol. The highest BCUT2D eigenvalue weighted by molar-refractivity contribution is 9.10. The van der Waals surface area contributed by atoms with Crippen molar-refractivity contribution in [1.82, 2.24) is 0 Å². The molecule has 0 saturated heterocycles. The summed E-state index contributed by atoms with van der Waals surface area (Å²) in [5.41, 5.74) is 0.444. The topological polar surface area (TPSA) is 60.7 Å². The van der Waals surface area contributed by atoms with E-state index >= 15 is 0 Å². The SMILES string of the molecule is O[P+](O)(O)C(=S)c1ccc(Br)cc1. The van der Waals surface area contributed by atoms with Crippen LogP contribution in [0.4, 0.5) is 0 Å². The Kier molecular flexibility index (Phi) is 3.51. The summed E-state index contributed by atoms with van der Waals surface area (Å²) in [6.45, 7) is 0. The number of benzene rings is 1. The fourth-order valence-corrected chi connectivity index (χ4v) is 1.66. The quantitative estimate of drug-likeness (QED) is 0.572. The minimum Gasteiger partial charge on any atom is -0.188 e. The molecule has 0 aliphatic carbocycles. The van der Waals surface area contributed by atoms with Crippen molar-refractivity contribution < 1.29 is 14.7 Å². The zero-order chi connectivity index (χ0) is 10.1. The Balaban J connectivity index is 2.97. The van der Waals surface area contributed by atoms with Crippen LogP contribution in [0.1, 0.15) is 5.56 Å². The first-order chi connectivity index (χ1) is 5.91. The molecular weight excluding hydrogens is 275 g/mol. The van der Waals surface area contributed by atoms with Crippen molar-refractivity contribution in [2.24, 2.45) is 0 Å². The van der Waals surface area contributed by atoms with Crippen LogP contribution >= 0.6 is 36.1 Å². The molecule has 0 aromatic heterocycles. The molecule has 70 valence electrons. The maximum absolute atomic E-state index is 8.88. The van der Waals surface area contributed by atoms with Gasteiger partial charge in [-0.3, -0.25) is 0 Å². The van der Waals surface area contributed by atoms with Crippen LogP contribution in [0.2, 0.25) is 0 Å². The molecule has 0 unspecified atom stereocenters. The van der Waals surface area contributed by atoms with E-state index < -0.39 is 7.94 Å². The number of rotatable bonds is 2. The van der Waals surface area contributed by atoms with Gasteiger partial charge in [-0.05, 0) is 36.5 Å². The smallest absolute Gasteiger partial charge is 0.188 e. The van der Waals surface area contributed by atoms with E-state index in [1.54, 1.807) is 24.3 Å². The summed E-state index contributed by atoms with van der Waals surface area (Å²) in [6, 6.07) is 6.61. The van der Waals surface area contributed by atoms with Gasteiger partial charge in [0.25, 0.3) is 4.61 Å². The average Bonchev–Trinajstić information content (AvgIpc) is 2.03. The lowest BCUT2D eigenvalue weighted by Crippen LogP contribution is -2.03. The maximum Gasteiger partial charge on any atom is 0.453 e. The molecule has 0 spiro atoms. The molecule has 3 nitrogen and oxygen atoms in total. The molecule has 6 heteroatoms. The standard InChI is InChI=1S/C7H7BrO3PS/c8-6-3-1-5(2-4-6)7(13)12(9,10)11/h1-4,9-11H/q+1. The van der Waals surface area contributed by atoms with E-state index in [0.29, 0.717) is 5.56 Å². The van der Waals surface area contributed by atoms with Crippen LogP contribution in [0.3, 0.4) is 0 Å². The van der Waals surface area contributed by atoms with E-state index in [9.17, 15) is 0 Å². The van der Waals surface area contributed by atoms with Gasteiger partial charge in [0, 0.05) is 10.0 Å². The van der Waals surface area contributed by atoms with Crippen LogP contribution in [0.25, 0.3) is 0 Å². The Bertz CT molecular complexity index is 320. The van der Waals surface area contributed by atoms with Crippen molar-refractivity contribution in [3.8, 4) is 0 Å². The van der Waals surface area contributed by atoms with Crippen LogP contribution < -0.4 is 0 Å². The summed E-state index contributed by atoms with van der Waals surface area (Å²) < 4.78 is 0.650. The minimum atomic E-state index is -4.03. The molecule has 0 atom stereocenters. The molecule has 1 aromatic rings. The number of thiocarbonyl (C=S) groups is 1. The third kappa shape index (κ3) is 3.06. The first-order valence-electron chi connectivity index (χ1n) is 3.29. The van der Waals surface area contributed by atoms with Gasteiger partial charge < -0.3 is 0 Å². The van der Waals surface area contributed by atoms with Crippen LogP contribution in [0.5, 0.6) is 0 Å². The van der Waals surface area contributed by atoms with Crippen LogP contribution in [0, 0.1) is 0 Å². The van der Waals surface area contributed by atoms with Gasteiger partial charge in [0.15, 0.2) is 0 Å². The summed E-state index contributed by atoms with van der Waals surface area (Å²) in [5, 5.41) is 0. The highest BCUT2D eigenvalue weighted by Crippen LogP contribution is 2.48. The van der Waals surface area contributed by atoms with Crippen LogP contribution in [-0.2, 0) is 0 Å². The predicted molar refractivity (Wildman–Crippen MR) is 59.4 cm³/mol. The van der Waals surface area contributed by atoms with Crippen molar-refractivity contribution in [3.63, 3.8) is 0 Å². The Labute approximate surface area is 89.7 Å². The van der Waals surface area contributed by atoms with Crippen molar-refractivity contribution in [1.29, 1.82) is 0 Å². The summed E-state index contributed by atoms with van der Waals surface area (Å²) in [4.78, 5) is 26.6. The lowest BCUT2D eigenvalue weighted by Gasteiger charge is -2.04. The highest BCUT2D eigenvalue weighted by Gasteiger charge is 2.38. The molecule has 1 rings (SSSR count). The van der Waals surface area contributed by atoms with Crippen molar-refractivity contribution >= 4 is 40.7 Å². The van der Waals surface area contributed by atoms with Gasteiger partial charge in [0.2, 0.25) is 0 Å². The predicted octanol–water partition coefficient (Wildman–Crippen LogP) is 1.86. The molecule has 0 heterocycles. The molecule has 0 radical (unpaired) electrons. The Morgan fingerprint density at radius 3 is 2.00 bits per heavy atom. The zero-order valence-corrected chi connectivity index (χ0v) is 9.68. The molecular formula is C7H7BrO3PS+. The molecule has 0 aliphatic heterocycles. The third-order valence-corrected chi connectivity index (χ3v) is 3.67. The van der Waals surface area contributed by atoms with Gasteiger partial charge >= 0.3 is 7.94 Å². The average molecular weight is 282 g/mol. The van der Waals surface area contributed by atoms with Gasteiger partial charge in [0.1, 0.15) is 0 Å². The van der Waals surface area contributed by atoms with Gasteiger partial charge in [-0.1, -0.05) is 15.9 Å². The third-order valence-electron chi connectivity index (χ3n) is 1.36. The second-order valence-corrected chi connectivity index (χ2v) is 5.59. The van der Waals surface area contributed by atoms with E-state index in [1.165, 1.54) is 0 Å². The summed E-state index contributed by atoms with van der Waals surface area (Å²) in [7, 11) is -4.03. The Hall–Kier alpha value is 0.100. The van der Waals surface area contributed by atoms with E-state index in [1.807, 2.05) is 0 Å². The van der Waals surface area contributed by atoms with Crippen molar-refractivity contribution in [2.75, 3.05) is 0 Å². The molecule has 3 N–H and O–H groups in total. The molecule has 0 aliphatic rings. The summed E-state index contributed by atoms with van der Waals surface area (Å²) in [5.74, 6) is 0. The van der Waals surface area contributed by atoms with E-state index in [4.69, 9.17) is 14.7 Å². The first kappa shape index (κ1) is 11.2. The number of hydrogen-bond donors (Lipinski definition) is 3. The van der Waals surface area contributed by atoms with Crippen molar-refractivity contribution in [3.05, 3.63) is 34.3 Å².